The number of amides is 2. The van der Waals surface area contributed by atoms with Gasteiger partial charge in [-0.3, -0.25) is 14.5 Å². The molecular formula is C23H27N3O4. The van der Waals surface area contributed by atoms with Crippen LogP contribution in [0.2, 0.25) is 0 Å². The molecule has 2 aromatic rings. The van der Waals surface area contributed by atoms with Gasteiger partial charge < -0.3 is 15.4 Å². The zero-order valence-electron chi connectivity index (χ0n) is 17.5. The van der Waals surface area contributed by atoms with Crippen LogP contribution in [-0.4, -0.2) is 49.4 Å². The Labute approximate surface area is 176 Å². The molecule has 2 aromatic carbocycles. The number of esters is 1. The third kappa shape index (κ3) is 5.90. The van der Waals surface area contributed by atoms with Crippen molar-refractivity contribution in [3.05, 3.63) is 64.7 Å². The lowest BCUT2D eigenvalue weighted by atomic mass is 10.1. The van der Waals surface area contributed by atoms with Crippen LogP contribution in [0, 0.1) is 6.92 Å². The topological polar surface area (TPSA) is 87.7 Å². The van der Waals surface area contributed by atoms with E-state index in [9.17, 15) is 14.4 Å². The molecule has 0 radical (unpaired) electrons. The molecule has 0 spiro atoms. The minimum absolute atomic E-state index is 0.0404. The molecule has 2 N–H and O–H groups in total. The van der Waals surface area contributed by atoms with E-state index in [1.165, 1.54) is 7.11 Å². The van der Waals surface area contributed by atoms with Crippen LogP contribution in [0.5, 0.6) is 0 Å². The lowest BCUT2D eigenvalue weighted by Gasteiger charge is -2.17. The first-order valence-corrected chi connectivity index (χ1v) is 9.93. The molecule has 0 atom stereocenters. The highest BCUT2D eigenvalue weighted by Crippen LogP contribution is 2.20. The maximum atomic E-state index is 12.4. The van der Waals surface area contributed by atoms with E-state index in [1.807, 2.05) is 43.1 Å². The van der Waals surface area contributed by atoms with Crippen LogP contribution < -0.4 is 10.6 Å². The molecule has 0 bridgehead atoms. The Morgan fingerprint density at radius 3 is 2.37 bits per heavy atom. The number of methoxy groups -OCH3 is 1. The monoisotopic (exact) mass is 409 g/mol. The van der Waals surface area contributed by atoms with Crippen LogP contribution >= 0.6 is 0 Å². The predicted octanol–water partition coefficient (Wildman–Crippen LogP) is 2.74. The number of benzene rings is 2. The molecule has 1 aliphatic carbocycles. The van der Waals surface area contributed by atoms with Crippen molar-refractivity contribution in [1.29, 1.82) is 0 Å². The summed E-state index contributed by atoms with van der Waals surface area (Å²) in [5.41, 5.74) is 3.49. The van der Waals surface area contributed by atoms with Crippen molar-refractivity contribution in [2.45, 2.75) is 32.4 Å². The van der Waals surface area contributed by atoms with E-state index in [0.29, 0.717) is 29.4 Å². The van der Waals surface area contributed by atoms with Crippen molar-refractivity contribution < 1.29 is 19.1 Å². The van der Waals surface area contributed by atoms with Crippen molar-refractivity contribution in [3.63, 3.8) is 0 Å². The van der Waals surface area contributed by atoms with Gasteiger partial charge in [0.25, 0.3) is 5.91 Å². The number of aryl methyl sites for hydroxylation is 1. The lowest BCUT2D eigenvalue weighted by molar-refractivity contribution is -0.117. The summed E-state index contributed by atoms with van der Waals surface area (Å²) in [5, 5.41) is 5.82. The molecule has 0 aliphatic heterocycles. The number of nitrogens with zero attached hydrogens (tertiary/aromatic N) is 1. The average molecular weight is 409 g/mol. The van der Waals surface area contributed by atoms with Gasteiger partial charge in [-0.1, -0.05) is 18.2 Å². The largest absolute Gasteiger partial charge is 0.465 e. The molecule has 30 heavy (non-hydrogen) atoms. The highest BCUT2D eigenvalue weighted by atomic mass is 16.5. The quantitative estimate of drug-likeness (QED) is 0.655. The minimum Gasteiger partial charge on any atom is -0.465 e. The zero-order chi connectivity index (χ0) is 21.7. The molecule has 1 aliphatic rings. The van der Waals surface area contributed by atoms with Crippen LogP contribution in [0.4, 0.5) is 5.69 Å². The molecule has 3 rings (SSSR count). The highest BCUT2D eigenvalue weighted by Gasteiger charge is 2.23. The van der Waals surface area contributed by atoms with Crippen molar-refractivity contribution in [1.82, 2.24) is 10.2 Å². The van der Waals surface area contributed by atoms with E-state index >= 15 is 0 Å². The second-order valence-electron chi connectivity index (χ2n) is 7.69. The Morgan fingerprint density at radius 2 is 1.73 bits per heavy atom. The summed E-state index contributed by atoms with van der Waals surface area (Å²) in [6.07, 6.45) is 2.12. The normalized spacial score (nSPS) is 13.1. The fourth-order valence-electron chi connectivity index (χ4n) is 3.06. The number of nitrogens with one attached hydrogen (secondary N) is 2. The maximum absolute atomic E-state index is 12.4. The van der Waals surface area contributed by atoms with Gasteiger partial charge in [0.2, 0.25) is 5.91 Å². The predicted molar refractivity (Wildman–Crippen MR) is 114 cm³/mol. The Balaban J connectivity index is 1.53. The zero-order valence-corrected chi connectivity index (χ0v) is 17.5. The number of hydrogen-bond acceptors (Lipinski definition) is 5. The summed E-state index contributed by atoms with van der Waals surface area (Å²) >= 11 is 0. The lowest BCUT2D eigenvalue weighted by Crippen LogP contribution is -2.30. The summed E-state index contributed by atoms with van der Waals surface area (Å²) in [5.74, 6) is -0.665. The average Bonchev–Trinajstić information content (AvgIpc) is 3.53. The van der Waals surface area contributed by atoms with Gasteiger partial charge in [-0.25, -0.2) is 4.79 Å². The molecule has 7 nitrogen and oxygen atoms in total. The number of anilines is 1. The summed E-state index contributed by atoms with van der Waals surface area (Å²) in [7, 11) is 3.17. The van der Waals surface area contributed by atoms with Crippen LogP contribution in [0.25, 0.3) is 0 Å². The maximum Gasteiger partial charge on any atom is 0.337 e. The number of carbonyl (C=O) groups excluding carboxylic acids is 3. The van der Waals surface area contributed by atoms with Crippen LogP contribution in [-0.2, 0) is 16.1 Å². The summed E-state index contributed by atoms with van der Waals surface area (Å²) in [6, 6.07) is 12.8. The van der Waals surface area contributed by atoms with Gasteiger partial charge in [0.1, 0.15) is 0 Å². The third-order valence-electron chi connectivity index (χ3n) is 4.93. The van der Waals surface area contributed by atoms with Gasteiger partial charge in [-0.2, -0.15) is 0 Å². The number of likely N-dealkylation sites (N-methyl/N-ethyl adjacent to an activating group) is 1. The molecular weight excluding hydrogens is 382 g/mol. The molecule has 2 amide bonds. The summed E-state index contributed by atoms with van der Waals surface area (Å²) < 4.78 is 4.73. The van der Waals surface area contributed by atoms with E-state index in [2.05, 4.69) is 10.6 Å². The summed E-state index contributed by atoms with van der Waals surface area (Å²) in [6.45, 7) is 2.62. The van der Waals surface area contributed by atoms with Gasteiger partial charge in [-0.05, 0) is 62.2 Å². The van der Waals surface area contributed by atoms with Gasteiger partial charge in [0.15, 0.2) is 0 Å². The van der Waals surface area contributed by atoms with E-state index in [4.69, 9.17) is 4.74 Å². The number of hydrogen-bond donors (Lipinski definition) is 2. The fraction of sp³-hybridized carbons (Fsp3) is 0.348. The number of ether oxygens (including phenoxy) is 1. The minimum atomic E-state index is -0.447. The van der Waals surface area contributed by atoms with E-state index in [0.717, 1.165) is 24.0 Å². The van der Waals surface area contributed by atoms with Gasteiger partial charge in [0.05, 0.1) is 19.2 Å². The molecule has 7 heteroatoms. The Morgan fingerprint density at radius 1 is 1.07 bits per heavy atom. The Hall–Kier alpha value is -3.19. The molecule has 1 saturated carbocycles. The van der Waals surface area contributed by atoms with Gasteiger partial charge in [-0.15, -0.1) is 0 Å². The molecule has 1 fully saturated rings. The smallest absolute Gasteiger partial charge is 0.337 e. The Kier molecular flexibility index (Phi) is 6.84. The second kappa shape index (κ2) is 9.54. The standard InChI is InChI=1S/C23H27N3O4/c1-15-4-7-18(23(29)30-3)12-20(15)25-21(27)14-26(2)13-16-5-8-17(9-6-16)22(28)24-19-10-11-19/h4-9,12,19H,10-11,13-14H2,1-3H3,(H,24,28)(H,25,27). The highest BCUT2D eigenvalue weighted by molar-refractivity contribution is 5.96. The van der Waals surface area contributed by atoms with Gasteiger partial charge >= 0.3 is 5.97 Å². The third-order valence-corrected chi connectivity index (χ3v) is 4.93. The first kappa shape index (κ1) is 21.5. The van der Waals surface area contributed by atoms with Crippen LogP contribution in [0.15, 0.2) is 42.5 Å². The van der Waals surface area contributed by atoms with Crippen molar-refractivity contribution in [2.24, 2.45) is 0 Å². The van der Waals surface area contributed by atoms with Crippen molar-refractivity contribution in [2.75, 3.05) is 26.0 Å². The van der Waals surface area contributed by atoms with E-state index < -0.39 is 5.97 Å². The fourth-order valence-corrected chi connectivity index (χ4v) is 3.06. The molecule has 0 aromatic heterocycles. The molecule has 0 saturated heterocycles. The first-order valence-electron chi connectivity index (χ1n) is 9.93. The van der Waals surface area contributed by atoms with E-state index in [1.54, 1.807) is 18.2 Å². The van der Waals surface area contributed by atoms with Crippen LogP contribution in [0.1, 0.15) is 44.7 Å². The second-order valence-corrected chi connectivity index (χ2v) is 7.69. The molecule has 158 valence electrons. The van der Waals surface area contributed by atoms with E-state index in [-0.39, 0.29) is 18.4 Å². The summed E-state index contributed by atoms with van der Waals surface area (Å²) in [4.78, 5) is 38.1. The van der Waals surface area contributed by atoms with Crippen LogP contribution in [0.3, 0.4) is 0 Å². The van der Waals surface area contributed by atoms with Gasteiger partial charge in [0, 0.05) is 23.8 Å². The molecule has 0 heterocycles. The molecule has 0 unspecified atom stereocenters. The van der Waals surface area contributed by atoms with Crippen molar-refractivity contribution >= 4 is 23.5 Å². The number of rotatable bonds is 8. The van der Waals surface area contributed by atoms with Crippen molar-refractivity contribution in [3.8, 4) is 0 Å². The first-order chi connectivity index (χ1) is 14.4. The Bertz CT molecular complexity index is 936. The number of carbonyl (C=O) groups is 3. The SMILES string of the molecule is COC(=O)c1ccc(C)c(NC(=O)CN(C)Cc2ccc(C(=O)NC3CC3)cc2)c1.